The van der Waals surface area contributed by atoms with Gasteiger partial charge in [-0.15, -0.1) is 13.2 Å². The molecule has 29 heavy (non-hydrogen) atoms. The fraction of sp³-hybridized carbons (Fsp3) is 0.421. The number of alkyl halides is 3. The molecular weight excluding hydrogens is 387 g/mol. The molecule has 1 saturated heterocycles. The normalized spacial score (nSPS) is 15.0. The van der Waals surface area contributed by atoms with E-state index in [1.165, 1.54) is 24.4 Å². The van der Waals surface area contributed by atoms with Gasteiger partial charge in [0.15, 0.2) is 0 Å². The molecule has 7 nitrogen and oxygen atoms in total. The van der Waals surface area contributed by atoms with Gasteiger partial charge in [0, 0.05) is 24.7 Å². The summed E-state index contributed by atoms with van der Waals surface area (Å²) in [4.78, 5) is 4.14. The first kappa shape index (κ1) is 21.0. The molecule has 0 atom stereocenters. The van der Waals surface area contributed by atoms with Crippen molar-refractivity contribution in [2.75, 3.05) is 35.7 Å². The molecule has 1 aliphatic rings. The molecule has 0 unspecified atom stereocenters. The molecule has 0 aliphatic carbocycles. The minimum atomic E-state index is -4.76. The van der Waals surface area contributed by atoms with E-state index in [0.29, 0.717) is 28.7 Å². The number of hydrogen-bond donors (Lipinski definition) is 4. The molecule has 0 radical (unpaired) electrons. The third-order valence-corrected chi connectivity index (χ3v) is 4.71. The highest BCUT2D eigenvalue weighted by molar-refractivity contribution is 5.71. The number of halogens is 3. The number of aromatic nitrogens is 1. The van der Waals surface area contributed by atoms with Crippen molar-refractivity contribution in [1.82, 2.24) is 10.3 Å². The summed E-state index contributed by atoms with van der Waals surface area (Å²) in [6.45, 7) is 2.75. The zero-order valence-electron chi connectivity index (χ0n) is 15.7. The van der Waals surface area contributed by atoms with Gasteiger partial charge in [0.2, 0.25) is 0 Å². The minimum Gasteiger partial charge on any atom is -0.761 e. The molecule has 1 aliphatic heterocycles. The van der Waals surface area contributed by atoms with Crippen molar-refractivity contribution in [2.24, 2.45) is 5.92 Å². The molecule has 1 aromatic heterocycles. The van der Waals surface area contributed by atoms with E-state index < -0.39 is 6.36 Å². The Morgan fingerprint density at radius 3 is 2.62 bits per heavy atom. The fourth-order valence-electron chi connectivity index (χ4n) is 3.18. The van der Waals surface area contributed by atoms with Crippen LogP contribution >= 0.6 is 0 Å². The molecule has 0 spiro atoms. The maximum absolute atomic E-state index is 12.6. The van der Waals surface area contributed by atoms with Crippen molar-refractivity contribution in [2.45, 2.75) is 25.7 Å². The van der Waals surface area contributed by atoms with Crippen LogP contribution in [0.25, 0.3) is 0 Å². The van der Waals surface area contributed by atoms with Gasteiger partial charge in [0.1, 0.15) is 11.6 Å². The molecule has 2 heterocycles. The Morgan fingerprint density at radius 2 is 1.90 bits per heavy atom. The van der Waals surface area contributed by atoms with Crippen molar-refractivity contribution >= 4 is 17.2 Å². The number of rotatable bonds is 8. The average Bonchev–Trinajstić information content (AvgIpc) is 2.71. The predicted octanol–water partition coefficient (Wildman–Crippen LogP) is 3.91. The van der Waals surface area contributed by atoms with E-state index in [1.54, 1.807) is 12.1 Å². The van der Waals surface area contributed by atoms with Gasteiger partial charge in [-0.1, -0.05) is 18.2 Å². The summed E-state index contributed by atoms with van der Waals surface area (Å²) in [6, 6.07) is 7.56. The zero-order valence-corrected chi connectivity index (χ0v) is 15.7. The van der Waals surface area contributed by atoms with Gasteiger partial charge in [-0.3, -0.25) is 0 Å². The summed E-state index contributed by atoms with van der Waals surface area (Å²) in [5.74, 6) is 0.667. The SMILES string of the molecule is [O-]Nc1cnc(NCc2ccccc2OC(F)(F)F)cc1NCC1CCNCC1. The third kappa shape index (κ3) is 6.40. The zero-order chi connectivity index (χ0) is 20.7. The lowest BCUT2D eigenvalue weighted by molar-refractivity contribution is -0.274. The summed E-state index contributed by atoms with van der Waals surface area (Å²) in [7, 11) is 0. The molecule has 0 saturated carbocycles. The minimum absolute atomic E-state index is 0.0805. The molecule has 0 bridgehead atoms. The van der Waals surface area contributed by atoms with Crippen LogP contribution in [0.3, 0.4) is 0 Å². The molecule has 1 fully saturated rings. The van der Waals surface area contributed by atoms with Crippen LogP contribution < -0.4 is 26.2 Å². The van der Waals surface area contributed by atoms with Crippen molar-refractivity contribution in [3.05, 3.63) is 47.3 Å². The predicted molar refractivity (Wildman–Crippen MR) is 106 cm³/mol. The van der Waals surface area contributed by atoms with Crippen molar-refractivity contribution in [1.29, 1.82) is 0 Å². The molecule has 4 N–H and O–H groups in total. The maximum Gasteiger partial charge on any atom is 0.573 e. The summed E-state index contributed by atoms with van der Waals surface area (Å²) in [5.41, 5.74) is 3.10. The van der Waals surface area contributed by atoms with E-state index in [2.05, 4.69) is 25.7 Å². The fourth-order valence-corrected chi connectivity index (χ4v) is 3.18. The largest absolute Gasteiger partial charge is 0.761 e. The smallest absolute Gasteiger partial charge is 0.573 e. The highest BCUT2D eigenvalue weighted by atomic mass is 19.4. The molecule has 1 aromatic carbocycles. The number of nitrogens with zero attached hydrogens (tertiary/aromatic N) is 1. The van der Waals surface area contributed by atoms with E-state index in [0.717, 1.165) is 32.5 Å². The second kappa shape index (κ2) is 9.66. The Kier molecular flexibility index (Phi) is 6.99. The number of benzene rings is 1. The first-order chi connectivity index (χ1) is 13.9. The standard InChI is InChI=1S/C19H23F3N5O2/c20-19(21,22)29-17-4-2-1-3-14(17)11-25-18-9-15(16(27-28)12-26-18)24-10-13-5-7-23-8-6-13/h1-4,9,12-13,23,27H,5-8,10-11H2,(H2,24,25,26)/q-1. The number of pyridine rings is 1. The molecule has 2 aromatic rings. The first-order valence-electron chi connectivity index (χ1n) is 9.35. The molecule has 10 heteroatoms. The van der Waals surface area contributed by atoms with Crippen LogP contribution in [0, 0.1) is 11.1 Å². The Bertz CT molecular complexity index is 798. The number of piperidine rings is 1. The van der Waals surface area contributed by atoms with E-state index in [1.807, 2.05) is 5.48 Å². The van der Waals surface area contributed by atoms with Gasteiger partial charge < -0.3 is 31.4 Å². The summed E-state index contributed by atoms with van der Waals surface area (Å²) in [6.07, 6.45) is -1.27. The van der Waals surface area contributed by atoms with Crippen LogP contribution in [0.4, 0.5) is 30.4 Å². The maximum atomic E-state index is 12.6. The lowest BCUT2D eigenvalue weighted by atomic mass is 9.98. The van der Waals surface area contributed by atoms with Crippen LogP contribution in [0.2, 0.25) is 0 Å². The van der Waals surface area contributed by atoms with Gasteiger partial charge >= 0.3 is 6.36 Å². The van der Waals surface area contributed by atoms with Crippen molar-refractivity contribution < 1.29 is 17.9 Å². The number of hydrogen-bond acceptors (Lipinski definition) is 7. The number of anilines is 3. The number of nitrogens with one attached hydrogen (secondary N) is 4. The van der Waals surface area contributed by atoms with E-state index in [-0.39, 0.29) is 12.3 Å². The molecule has 3 rings (SSSR count). The molecular formula is C19H23F3N5O2-. The quantitative estimate of drug-likeness (QED) is 0.490. The van der Waals surface area contributed by atoms with Crippen LogP contribution in [0.5, 0.6) is 5.75 Å². The summed E-state index contributed by atoms with van der Waals surface area (Å²) in [5, 5.41) is 20.7. The van der Waals surface area contributed by atoms with Crippen LogP contribution in [-0.4, -0.2) is 31.0 Å². The Hall–Kier alpha value is -2.72. The van der Waals surface area contributed by atoms with Gasteiger partial charge in [-0.2, -0.15) is 0 Å². The van der Waals surface area contributed by atoms with Crippen LogP contribution in [0.15, 0.2) is 36.5 Å². The van der Waals surface area contributed by atoms with Gasteiger partial charge in [-0.25, -0.2) is 4.98 Å². The Balaban J connectivity index is 1.65. The molecule has 0 amide bonds. The summed E-state index contributed by atoms with van der Waals surface area (Å²) < 4.78 is 41.7. The average molecular weight is 410 g/mol. The Morgan fingerprint density at radius 1 is 1.14 bits per heavy atom. The highest BCUT2D eigenvalue weighted by Gasteiger charge is 2.31. The topological polar surface area (TPSA) is 93.3 Å². The van der Waals surface area contributed by atoms with Crippen molar-refractivity contribution in [3.8, 4) is 5.75 Å². The van der Waals surface area contributed by atoms with Gasteiger partial charge in [0.05, 0.1) is 17.6 Å². The van der Waals surface area contributed by atoms with Crippen LogP contribution in [-0.2, 0) is 6.54 Å². The molecule has 158 valence electrons. The second-order valence-electron chi connectivity index (χ2n) is 6.80. The second-order valence-corrected chi connectivity index (χ2v) is 6.80. The highest BCUT2D eigenvalue weighted by Crippen LogP contribution is 2.28. The van der Waals surface area contributed by atoms with Gasteiger partial charge in [-0.05, 0) is 37.9 Å². The first-order valence-corrected chi connectivity index (χ1v) is 9.35. The number of ether oxygens (including phenoxy) is 1. The monoisotopic (exact) mass is 410 g/mol. The third-order valence-electron chi connectivity index (χ3n) is 4.71. The summed E-state index contributed by atoms with van der Waals surface area (Å²) >= 11 is 0. The van der Waals surface area contributed by atoms with E-state index in [4.69, 9.17) is 0 Å². The Labute approximate surface area is 166 Å². The van der Waals surface area contributed by atoms with Crippen LogP contribution in [0.1, 0.15) is 18.4 Å². The lowest BCUT2D eigenvalue weighted by Crippen LogP contribution is -2.31. The van der Waals surface area contributed by atoms with Crippen molar-refractivity contribution in [3.63, 3.8) is 0 Å². The van der Waals surface area contributed by atoms with E-state index in [9.17, 15) is 18.4 Å². The lowest BCUT2D eigenvalue weighted by Gasteiger charge is -2.24. The van der Waals surface area contributed by atoms with Gasteiger partial charge in [0.25, 0.3) is 0 Å². The number of para-hydroxylation sites is 1. The van der Waals surface area contributed by atoms with E-state index >= 15 is 0 Å².